The molecule has 0 aromatic carbocycles. The second-order valence-electron chi connectivity index (χ2n) is 3.27. The zero-order chi connectivity index (χ0) is 9.97. The van der Waals surface area contributed by atoms with Gasteiger partial charge in [0.15, 0.2) is 0 Å². The standard InChI is InChI=1S/C10H13N3S/c1-8-6-14-7-10(8)11-5-9-3-4-12-13(9)2/h3-4,6-7,11H,5H2,1-2H3. The second-order valence-corrected chi connectivity index (χ2v) is 4.01. The fraction of sp³-hybridized carbons (Fsp3) is 0.300. The molecule has 0 saturated carbocycles. The molecule has 14 heavy (non-hydrogen) atoms. The third-order valence-corrected chi connectivity index (χ3v) is 3.10. The lowest BCUT2D eigenvalue weighted by atomic mass is 10.3. The first-order valence-electron chi connectivity index (χ1n) is 4.51. The third-order valence-electron chi connectivity index (χ3n) is 2.24. The molecule has 0 aliphatic carbocycles. The zero-order valence-corrected chi connectivity index (χ0v) is 9.14. The average Bonchev–Trinajstić information content (AvgIpc) is 2.72. The molecule has 0 atom stereocenters. The van der Waals surface area contributed by atoms with Crippen molar-refractivity contribution in [3.63, 3.8) is 0 Å². The Bertz CT molecular complexity index is 376. The van der Waals surface area contributed by atoms with E-state index in [2.05, 4.69) is 28.1 Å². The van der Waals surface area contributed by atoms with Gasteiger partial charge in [-0.3, -0.25) is 4.68 Å². The maximum atomic E-state index is 4.12. The third kappa shape index (κ3) is 1.80. The van der Waals surface area contributed by atoms with Crippen molar-refractivity contribution in [1.82, 2.24) is 9.78 Å². The molecule has 4 heteroatoms. The van der Waals surface area contributed by atoms with Gasteiger partial charge in [-0.2, -0.15) is 5.10 Å². The highest BCUT2D eigenvalue weighted by atomic mass is 32.1. The van der Waals surface area contributed by atoms with Crippen LogP contribution in [0.25, 0.3) is 0 Å². The van der Waals surface area contributed by atoms with Crippen LogP contribution in [0.4, 0.5) is 5.69 Å². The molecular formula is C10H13N3S. The lowest BCUT2D eigenvalue weighted by molar-refractivity contribution is 0.720. The summed E-state index contributed by atoms with van der Waals surface area (Å²) in [7, 11) is 1.96. The molecule has 1 N–H and O–H groups in total. The summed E-state index contributed by atoms with van der Waals surface area (Å²) < 4.78 is 1.88. The number of hydrogen-bond donors (Lipinski definition) is 1. The van der Waals surface area contributed by atoms with Gasteiger partial charge >= 0.3 is 0 Å². The van der Waals surface area contributed by atoms with Crippen LogP contribution in [0.1, 0.15) is 11.3 Å². The van der Waals surface area contributed by atoms with Crippen LogP contribution >= 0.6 is 11.3 Å². The Morgan fingerprint density at radius 1 is 1.50 bits per heavy atom. The van der Waals surface area contributed by atoms with Crippen molar-refractivity contribution < 1.29 is 0 Å². The van der Waals surface area contributed by atoms with Gasteiger partial charge in [0.25, 0.3) is 0 Å². The van der Waals surface area contributed by atoms with E-state index in [-0.39, 0.29) is 0 Å². The Morgan fingerprint density at radius 2 is 2.36 bits per heavy atom. The molecule has 0 aliphatic heterocycles. The molecule has 2 rings (SSSR count). The maximum Gasteiger partial charge on any atom is 0.0571 e. The van der Waals surface area contributed by atoms with E-state index < -0.39 is 0 Å². The summed E-state index contributed by atoms with van der Waals surface area (Å²) in [4.78, 5) is 0. The largest absolute Gasteiger partial charge is 0.379 e. The monoisotopic (exact) mass is 207 g/mol. The van der Waals surface area contributed by atoms with Crippen LogP contribution in [0.5, 0.6) is 0 Å². The van der Waals surface area contributed by atoms with Gasteiger partial charge in [0, 0.05) is 24.3 Å². The molecule has 0 spiro atoms. The number of thiophene rings is 1. The Hall–Kier alpha value is -1.29. The zero-order valence-electron chi connectivity index (χ0n) is 8.32. The van der Waals surface area contributed by atoms with E-state index in [0.29, 0.717) is 0 Å². The van der Waals surface area contributed by atoms with Crippen LogP contribution < -0.4 is 5.32 Å². The van der Waals surface area contributed by atoms with E-state index in [9.17, 15) is 0 Å². The van der Waals surface area contributed by atoms with Crippen molar-refractivity contribution in [2.75, 3.05) is 5.32 Å². The number of nitrogens with zero attached hydrogens (tertiary/aromatic N) is 2. The van der Waals surface area contributed by atoms with E-state index >= 15 is 0 Å². The Kier molecular flexibility index (Phi) is 2.54. The average molecular weight is 207 g/mol. The minimum atomic E-state index is 0.827. The number of anilines is 1. The van der Waals surface area contributed by atoms with Gasteiger partial charge in [-0.15, -0.1) is 11.3 Å². The maximum absolute atomic E-state index is 4.12. The molecule has 0 unspecified atom stereocenters. The van der Waals surface area contributed by atoms with Gasteiger partial charge < -0.3 is 5.32 Å². The van der Waals surface area contributed by atoms with E-state index in [0.717, 1.165) is 6.54 Å². The van der Waals surface area contributed by atoms with Crippen molar-refractivity contribution >= 4 is 17.0 Å². The van der Waals surface area contributed by atoms with Crippen LogP contribution in [-0.2, 0) is 13.6 Å². The number of aromatic nitrogens is 2. The lowest BCUT2D eigenvalue weighted by Crippen LogP contribution is -2.05. The summed E-state index contributed by atoms with van der Waals surface area (Å²) >= 11 is 1.72. The van der Waals surface area contributed by atoms with E-state index in [1.165, 1.54) is 16.9 Å². The number of rotatable bonds is 3. The molecule has 0 amide bonds. The van der Waals surface area contributed by atoms with E-state index in [1.807, 2.05) is 24.0 Å². The Morgan fingerprint density at radius 3 is 2.93 bits per heavy atom. The second kappa shape index (κ2) is 3.84. The summed E-state index contributed by atoms with van der Waals surface area (Å²) in [5, 5.41) is 11.8. The highest BCUT2D eigenvalue weighted by molar-refractivity contribution is 7.08. The molecule has 0 fully saturated rings. The van der Waals surface area contributed by atoms with Crippen molar-refractivity contribution in [3.8, 4) is 0 Å². The van der Waals surface area contributed by atoms with Gasteiger partial charge in [0.1, 0.15) is 0 Å². The number of aryl methyl sites for hydroxylation is 2. The fourth-order valence-corrected chi connectivity index (χ4v) is 2.11. The molecule has 0 bridgehead atoms. The molecule has 0 aliphatic rings. The molecule has 2 aromatic heterocycles. The van der Waals surface area contributed by atoms with Gasteiger partial charge in [0.2, 0.25) is 0 Å². The Labute approximate surface area is 87.4 Å². The first kappa shape index (κ1) is 9.27. The van der Waals surface area contributed by atoms with Gasteiger partial charge in [-0.1, -0.05) is 0 Å². The predicted octanol–water partition coefficient (Wildman–Crippen LogP) is 2.40. The van der Waals surface area contributed by atoms with Crippen molar-refractivity contribution in [2.24, 2.45) is 7.05 Å². The van der Waals surface area contributed by atoms with Gasteiger partial charge in [-0.25, -0.2) is 0 Å². The van der Waals surface area contributed by atoms with Crippen LogP contribution in [-0.4, -0.2) is 9.78 Å². The number of nitrogens with one attached hydrogen (secondary N) is 1. The molecule has 2 aromatic rings. The van der Waals surface area contributed by atoms with E-state index in [1.54, 1.807) is 11.3 Å². The Balaban J connectivity index is 2.02. The topological polar surface area (TPSA) is 29.9 Å². The van der Waals surface area contributed by atoms with Crippen molar-refractivity contribution in [1.29, 1.82) is 0 Å². The number of hydrogen-bond acceptors (Lipinski definition) is 3. The molecule has 74 valence electrons. The van der Waals surface area contributed by atoms with Crippen molar-refractivity contribution in [2.45, 2.75) is 13.5 Å². The summed E-state index contributed by atoms with van der Waals surface area (Å²) in [5.74, 6) is 0. The minimum Gasteiger partial charge on any atom is -0.379 e. The molecule has 3 nitrogen and oxygen atoms in total. The summed E-state index contributed by atoms with van der Waals surface area (Å²) in [6, 6.07) is 2.02. The van der Waals surface area contributed by atoms with Crippen LogP contribution in [0, 0.1) is 6.92 Å². The van der Waals surface area contributed by atoms with Crippen LogP contribution in [0.15, 0.2) is 23.0 Å². The summed E-state index contributed by atoms with van der Waals surface area (Å²) in [5.41, 5.74) is 3.71. The van der Waals surface area contributed by atoms with Crippen LogP contribution in [0.2, 0.25) is 0 Å². The normalized spacial score (nSPS) is 10.4. The SMILES string of the molecule is Cc1cscc1NCc1ccnn1C. The first-order chi connectivity index (χ1) is 6.77. The predicted molar refractivity (Wildman–Crippen MR) is 59.6 cm³/mol. The fourth-order valence-electron chi connectivity index (χ4n) is 1.30. The molecular weight excluding hydrogens is 194 g/mol. The molecule has 0 saturated heterocycles. The van der Waals surface area contributed by atoms with E-state index in [4.69, 9.17) is 0 Å². The smallest absolute Gasteiger partial charge is 0.0571 e. The van der Waals surface area contributed by atoms with Crippen LogP contribution in [0.3, 0.4) is 0 Å². The molecule has 0 radical (unpaired) electrons. The van der Waals surface area contributed by atoms with Gasteiger partial charge in [0.05, 0.1) is 12.2 Å². The minimum absolute atomic E-state index is 0.827. The summed E-state index contributed by atoms with van der Waals surface area (Å²) in [6.45, 7) is 2.94. The highest BCUT2D eigenvalue weighted by Crippen LogP contribution is 2.19. The first-order valence-corrected chi connectivity index (χ1v) is 5.45. The lowest BCUT2D eigenvalue weighted by Gasteiger charge is -2.05. The quantitative estimate of drug-likeness (QED) is 0.837. The van der Waals surface area contributed by atoms with Gasteiger partial charge in [-0.05, 0) is 23.9 Å². The van der Waals surface area contributed by atoms with Crippen molar-refractivity contribution in [3.05, 3.63) is 34.3 Å². The highest BCUT2D eigenvalue weighted by Gasteiger charge is 2.00. The molecule has 2 heterocycles. The summed E-state index contributed by atoms with van der Waals surface area (Å²) in [6.07, 6.45) is 1.82.